The first kappa shape index (κ1) is 21.5. The third kappa shape index (κ3) is 4.96. The van der Waals surface area contributed by atoms with Crippen molar-refractivity contribution >= 4 is 45.1 Å². The Balaban J connectivity index is 1.57. The molecule has 2 saturated heterocycles. The number of rotatable bonds is 3. The monoisotopic (exact) mass is 453 g/mol. The SMILES string of the molecule is CC(C)(C)OC(=O)N1CCNCC1Cc1cc2nc(Cl)nc(N3CCOCC3)c2s1. The van der Waals surface area contributed by atoms with Gasteiger partial charge in [0, 0.05) is 44.0 Å². The average Bonchev–Trinajstić information content (AvgIpc) is 3.09. The normalized spacial score (nSPS) is 20.6. The van der Waals surface area contributed by atoms with E-state index in [2.05, 4.69) is 26.3 Å². The highest BCUT2D eigenvalue weighted by atomic mass is 35.5. The number of nitrogens with zero attached hydrogens (tertiary/aromatic N) is 4. The molecular formula is C20H28ClN5O3S. The molecule has 8 nitrogen and oxygen atoms in total. The van der Waals surface area contributed by atoms with Gasteiger partial charge in [-0.05, 0) is 38.4 Å². The van der Waals surface area contributed by atoms with Gasteiger partial charge in [-0.1, -0.05) is 0 Å². The Morgan fingerprint density at radius 3 is 2.83 bits per heavy atom. The fraction of sp³-hybridized carbons (Fsp3) is 0.650. The van der Waals surface area contributed by atoms with E-state index in [4.69, 9.17) is 21.1 Å². The van der Waals surface area contributed by atoms with Gasteiger partial charge in [-0.3, -0.25) is 0 Å². The molecule has 2 fully saturated rings. The molecule has 1 amide bonds. The van der Waals surface area contributed by atoms with E-state index in [1.807, 2.05) is 25.7 Å². The van der Waals surface area contributed by atoms with E-state index in [1.165, 1.54) is 0 Å². The van der Waals surface area contributed by atoms with Crippen molar-refractivity contribution in [1.82, 2.24) is 20.2 Å². The van der Waals surface area contributed by atoms with Crippen molar-refractivity contribution in [3.8, 4) is 0 Å². The Hall–Kier alpha value is -1.68. The van der Waals surface area contributed by atoms with Gasteiger partial charge in [0.15, 0.2) is 5.82 Å². The van der Waals surface area contributed by atoms with Crippen LogP contribution in [-0.2, 0) is 15.9 Å². The van der Waals surface area contributed by atoms with Crippen LogP contribution in [0.15, 0.2) is 6.07 Å². The molecule has 4 heterocycles. The van der Waals surface area contributed by atoms with Gasteiger partial charge in [-0.25, -0.2) is 9.78 Å². The number of carbonyl (C=O) groups is 1. The molecule has 0 spiro atoms. The zero-order valence-corrected chi connectivity index (χ0v) is 19.2. The highest BCUT2D eigenvalue weighted by Crippen LogP contribution is 2.34. The molecule has 1 unspecified atom stereocenters. The minimum Gasteiger partial charge on any atom is -0.444 e. The summed E-state index contributed by atoms with van der Waals surface area (Å²) in [5.41, 5.74) is 0.341. The number of nitrogens with one attached hydrogen (secondary N) is 1. The quantitative estimate of drug-likeness (QED) is 0.715. The molecule has 0 saturated carbocycles. The number of hydrogen-bond donors (Lipinski definition) is 1. The van der Waals surface area contributed by atoms with Crippen molar-refractivity contribution in [2.45, 2.75) is 38.8 Å². The van der Waals surface area contributed by atoms with Gasteiger partial charge in [0.2, 0.25) is 5.28 Å². The van der Waals surface area contributed by atoms with E-state index in [1.54, 1.807) is 11.3 Å². The number of amides is 1. The number of fused-ring (bicyclic) bond motifs is 1. The third-order valence-electron chi connectivity index (χ3n) is 5.10. The Labute approximate surface area is 185 Å². The first-order chi connectivity index (χ1) is 14.3. The molecule has 2 aromatic heterocycles. The number of anilines is 1. The predicted molar refractivity (Wildman–Crippen MR) is 119 cm³/mol. The lowest BCUT2D eigenvalue weighted by atomic mass is 10.1. The number of thiophene rings is 1. The van der Waals surface area contributed by atoms with E-state index in [9.17, 15) is 4.79 Å². The second-order valence-electron chi connectivity index (χ2n) is 8.58. The largest absolute Gasteiger partial charge is 0.444 e. The van der Waals surface area contributed by atoms with Crippen LogP contribution in [0.3, 0.4) is 0 Å². The number of ether oxygens (including phenoxy) is 2. The number of carbonyl (C=O) groups excluding carboxylic acids is 1. The number of hydrogen-bond acceptors (Lipinski definition) is 8. The summed E-state index contributed by atoms with van der Waals surface area (Å²) in [6, 6.07) is 2.09. The number of morpholine rings is 1. The summed E-state index contributed by atoms with van der Waals surface area (Å²) in [5, 5.41) is 3.65. The van der Waals surface area contributed by atoms with Gasteiger partial charge in [-0.15, -0.1) is 11.3 Å². The minimum atomic E-state index is -0.510. The van der Waals surface area contributed by atoms with Gasteiger partial charge in [0.25, 0.3) is 0 Å². The molecular weight excluding hydrogens is 426 g/mol. The smallest absolute Gasteiger partial charge is 0.410 e. The van der Waals surface area contributed by atoms with Gasteiger partial charge < -0.3 is 24.6 Å². The van der Waals surface area contributed by atoms with Crippen LogP contribution >= 0.6 is 22.9 Å². The van der Waals surface area contributed by atoms with Crippen LogP contribution in [0.1, 0.15) is 25.6 Å². The Morgan fingerprint density at radius 2 is 2.10 bits per heavy atom. The lowest BCUT2D eigenvalue weighted by Crippen LogP contribution is -2.55. The van der Waals surface area contributed by atoms with Crippen LogP contribution in [0.25, 0.3) is 10.2 Å². The minimum absolute atomic E-state index is 0.0249. The molecule has 0 radical (unpaired) electrons. The second kappa shape index (κ2) is 8.82. The topological polar surface area (TPSA) is 79.8 Å². The molecule has 1 atom stereocenters. The van der Waals surface area contributed by atoms with Crippen molar-refractivity contribution in [1.29, 1.82) is 0 Å². The van der Waals surface area contributed by atoms with Crippen LogP contribution in [0.2, 0.25) is 5.28 Å². The van der Waals surface area contributed by atoms with Crippen molar-refractivity contribution < 1.29 is 14.3 Å². The summed E-state index contributed by atoms with van der Waals surface area (Å²) < 4.78 is 12.1. The maximum Gasteiger partial charge on any atom is 0.410 e. The van der Waals surface area contributed by atoms with Crippen molar-refractivity contribution in [3.63, 3.8) is 0 Å². The van der Waals surface area contributed by atoms with E-state index < -0.39 is 5.60 Å². The highest BCUT2D eigenvalue weighted by molar-refractivity contribution is 7.19. The summed E-state index contributed by atoms with van der Waals surface area (Å²) in [7, 11) is 0. The van der Waals surface area contributed by atoms with Crippen LogP contribution in [-0.4, -0.2) is 78.5 Å². The summed E-state index contributed by atoms with van der Waals surface area (Å²) in [5.74, 6) is 0.871. The van der Waals surface area contributed by atoms with Gasteiger partial charge >= 0.3 is 6.09 Å². The zero-order chi connectivity index (χ0) is 21.3. The second-order valence-corrected chi connectivity index (χ2v) is 10.1. The van der Waals surface area contributed by atoms with E-state index in [0.717, 1.165) is 53.5 Å². The van der Waals surface area contributed by atoms with Crippen LogP contribution in [0.5, 0.6) is 0 Å². The lowest BCUT2D eigenvalue weighted by molar-refractivity contribution is 0.0122. The number of halogens is 1. The highest BCUT2D eigenvalue weighted by Gasteiger charge is 2.31. The van der Waals surface area contributed by atoms with E-state index in [0.29, 0.717) is 19.8 Å². The number of piperazine rings is 1. The van der Waals surface area contributed by atoms with Crippen molar-refractivity contribution in [3.05, 3.63) is 16.2 Å². The predicted octanol–water partition coefficient (Wildman–Crippen LogP) is 2.93. The van der Waals surface area contributed by atoms with Crippen LogP contribution in [0, 0.1) is 0 Å². The molecule has 2 aromatic rings. The standard InChI is InChI=1S/C20H28ClN5O3S/c1-20(2,3)29-19(27)26-5-4-22-12-13(26)10-14-11-15-16(30-14)17(24-18(21)23-15)25-6-8-28-9-7-25/h11,13,22H,4-10,12H2,1-3H3. The summed E-state index contributed by atoms with van der Waals surface area (Å²) >= 11 is 7.89. The molecule has 30 heavy (non-hydrogen) atoms. The molecule has 164 valence electrons. The summed E-state index contributed by atoms with van der Waals surface area (Å²) in [4.78, 5) is 26.8. The third-order valence-corrected chi connectivity index (χ3v) is 6.41. The fourth-order valence-corrected chi connectivity index (χ4v) is 5.12. The van der Waals surface area contributed by atoms with Gasteiger partial charge in [0.05, 0.1) is 29.5 Å². The zero-order valence-electron chi connectivity index (χ0n) is 17.6. The van der Waals surface area contributed by atoms with Gasteiger partial charge in [0.1, 0.15) is 5.60 Å². The molecule has 0 aliphatic carbocycles. The van der Waals surface area contributed by atoms with Gasteiger partial charge in [-0.2, -0.15) is 4.98 Å². The van der Waals surface area contributed by atoms with Crippen LogP contribution < -0.4 is 10.2 Å². The Kier molecular flexibility index (Phi) is 6.34. The molecule has 2 aliphatic rings. The molecule has 0 aromatic carbocycles. The molecule has 1 N–H and O–H groups in total. The lowest BCUT2D eigenvalue weighted by Gasteiger charge is -2.37. The molecule has 4 rings (SSSR count). The van der Waals surface area contributed by atoms with Crippen molar-refractivity contribution in [2.75, 3.05) is 50.8 Å². The maximum absolute atomic E-state index is 12.7. The molecule has 0 bridgehead atoms. The summed E-state index contributed by atoms with van der Waals surface area (Å²) in [6.07, 6.45) is 0.472. The Morgan fingerprint density at radius 1 is 1.33 bits per heavy atom. The van der Waals surface area contributed by atoms with Crippen molar-refractivity contribution in [2.24, 2.45) is 0 Å². The van der Waals surface area contributed by atoms with E-state index in [-0.39, 0.29) is 17.4 Å². The number of aromatic nitrogens is 2. The van der Waals surface area contributed by atoms with E-state index >= 15 is 0 Å². The molecule has 2 aliphatic heterocycles. The first-order valence-electron chi connectivity index (χ1n) is 10.3. The maximum atomic E-state index is 12.7. The van der Waals surface area contributed by atoms with Crippen LogP contribution in [0.4, 0.5) is 10.6 Å². The Bertz CT molecular complexity index is 910. The first-order valence-corrected chi connectivity index (χ1v) is 11.5. The fourth-order valence-electron chi connectivity index (χ4n) is 3.76. The molecule has 10 heteroatoms. The average molecular weight is 454 g/mol. The summed E-state index contributed by atoms with van der Waals surface area (Å²) in [6.45, 7) is 10.7.